The molecule has 1 aromatic heterocycles. The average molecular weight is 276 g/mol. The molecular weight excluding hydrogens is 262 g/mol. The molecule has 84 valence electrons. The number of anilines is 1. The van der Waals surface area contributed by atoms with E-state index in [1.807, 2.05) is 0 Å². The van der Waals surface area contributed by atoms with E-state index in [1.54, 1.807) is 38.6 Å². The third kappa shape index (κ3) is 3.54. The maximum atomic E-state index is 11.4. The molecule has 1 rings (SSSR count). The highest BCUT2D eigenvalue weighted by molar-refractivity contribution is 9.10. The van der Waals surface area contributed by atoms with Crippen molar-refractivity contribution >= 4 is 28.0 Å². The molecule has 0 aliphatic carbocycles. The minimum Gasteiger partial charge on any atom is -0.444 e. The zero-order chi connectivity index (χ0) is 11.6. The summed E-state index contributed by atoms with van der Waals surface area (Å²) < 4.78 is 7.57. The molecule has 0 saturated heterocycles. The van der Waals surface area contributed by atoms with Gasteiger partial charge in [-0.3, -0.25) is 5.32 Å². The second kappa shape index (κ2) is 4.22. The zero-order valence-electron chi connectivity index (χ0n) is 9.17. The van der Waals surface area contributed by atoms with Crippen LogP contribution in [0.25, 0.3) is 0 Å². The Hall–Kier alpha value is -1.04. The van der Waals surface area contributed by atoms with Crippen LogP contribution in [0.1, 0.15) is 20.8 Å². The Morgan fingerprint density at radius 1 is 1.60 bits per heavy atom. The SMILES string of the molecule is Cn1c(Br)cnc1NC(=O)OC(C)(C)C. The lowest BCUT2D eigenvalue weighted by molar-refractivity contribution is 0.0634. The van der Waals surface area contributed by atoms with E-state index in [9.17, 15) is 4.79 Å². The van der Waals surface area contributed by atoms with Gasteiger partial charge in [-0.2, -0.15) is 0 Å². The molecule has 0 atom stereocenters. The summed E-state index contributed by atoms with van der Waals surface area (Å²) in [7, 11) is 1.78. The fourth-order valence-electron chi connectivity index (χ4n) is 0.900. The molecule has 1 aromatic rings. The first kappa shape index (κ1) is 12.0. The molecule has 0 unspecified atom stereocenters. The molecule has 1 heterocycles. The Labute approximate surface area is 97.0 Å². The average Bonchev–Trinajstić information content (AvgIpc) is 2.32. The van der Waals surface area contributed by atoms with E-state index in [-0.39, 0.29) is 0 Å². The highest BCUT2D eigenvalue weighted by atomic mass is 79.9. The highest BCUT2D eigenvalue weighted by Crippen LogP contribution is 2.15. The van der Waals surface area contributed by atoms with Crippen LogP contribution in [-0.4, -0.2) is 21.2 Å². The van der Waals surface area contributed by atoms with Gasteiger partial charge in [0.15, 0.2) is 0 Å². The molecule has 1 amide bonds. The molecule has 6 heteroatoms. The van der Waals surface area contributed by atoms with Crippen molar-refractivity contribution in [3.05, 3.63) is 10.8 Å². The molecule has 0 saturated carbocycles. The lowest BCUT2D eigenvalue weighted by atomic mass is 10.2. The van der Waals surface area contributed by atoms with Crippen LogP contribution in [0.15, 0.2) is 10.8 Å². The van der Waals surface area contributed by atoms with Gasteiger partial charge in [0.1, 0.15) is 10.2 Å². The van der Waals surface area contributed by atoms with Gasteiger partial charge in [-0.1, -0.05) is 0 Å². The number of amides is 1. The normalized spacial score (nSPS) is 11.3. The molecule has 0 aliphatic rings. The van der Waals surface area contributed by atoms with Gasteiger partial charge >= 0.3 is 6.09 Å². The Morgan fingerprint density at radius 2 is 2.20 bits per heavy atom. The number of aromatic nitrogens is 2. The first-order valence-corrected chi connectivity index (χ1v) is 5.26. The quantitative estimate of drug-likeness (QED) is 0.857. The van der Waals surface area contributed by atoms with Crippen molar-refractivity contribution in [1.82, 2.24) is 9.55 Å². The van der Waals surface area contributed by atoms with Gasteiger partial charge in [-0.25, -0.2) is 9.78 Å². The zero-order valence-corrected chi connectivity index (χ0v) is 10.8. The smallest absolute Gasteiger partial charge is 0.414 e. The fourth-order valence-corrected chi connectivity index (χ4v) is 1.17. The number of nitrogens with one attached hydrogen (secondary N) is 1. The summed E-state index contributed by atoms with van der Waals surface area (Å²) in [6, 6.07) is 0. The van der Waals surface area contributed by atoms with Crippen LogP contribution in [0.4, 0.5) is 10.7 Å². The molecule has 0 bridgehead atoms. The number of hydrogen-bond donors (Lipinski definition) is 1. The summed E-state index contributed by atoms with van der Waals surface area (Å²) in [5.74, 6) is 0.441. The standard InChI is InChI=1S/C9H14BrN3O2/c1-9(2,3)15-8(14)12-7-11-5-6(10)13(7)4/h5H,1-4H3,(H,11,12,14). The molecule has 5 nitrogen and oxygen atoms in total. The van der Waals surface area contributed by atoms with Crippen LogP contribution in [0.2, 0.25) is 0 Å². The second-order valence-electron chi connectivity index (χ2n) is 4.09. The number of ether oxygens (including phenoxy) is 1. The first-order chi connectivity index (χ1) is 6.79. The lowest BCUT2D eigenvalue weighted by Crippen LogP contribution is -2.28. The van der Waals surface area contributed by atoms with Crippen molar-refractivity contribution in [1.29, 1.82) is 0 Å². The number of carbonyl (C=O) groups excluding carboxylic acids is 1. The minimum absolute atomic E-state index is 0.441. The van der Waals surface area contributed by atoms with Gasteiger partial charge in [0.25, 0.3) is 0 Å². The highest BCUT2D eigenvalue weighted by Gasteiger charge is 2.17. The molecule has 0 aromatic carbocycles. The molecule has 15 heavy (non-hydrogen) atoms. The Morgan fingerprint density at radius 3 is 2.60 bits per heavy atom. The molecular formula is C9H14BrN3O2. The van der Waals surface area contributed by atoms with Crippen molar-refractivity contribution in [2.45, 2.75) is 26.4 Å². The van der Waals surface area contributed by atoms with Crippen LogP contribution in [-0.2, 0) is 11.8 Å². The first-order valence-electron chi connectivity index (χ1n) is 4.47. The van der Waals surface area contributed by atoms with E-state index in [2.05, 4.69) is 26.2 Å². The summed E-state index contributed by atoms with van der Waals surface area (Å²) >= 11 is 3.28. The van der Waals surface area contributed by atoms with Gasteiger partial charge < -0.3 is 9.30 Å². The number of nitrogens with zero attached hydrogens (tertiary/aromatic N) is 2. The Bertz CT molecular complexity index is 368. The minimum atomic E-state index is -0.510. The van der Waals surface area contributed by atoms with Gasteiger partial charge in [0, 0.05) is 7.05 Å². The maximum absolute atomic E-state index is 11.4. The summed E-state index contributed by atoms with van der Waals surface area (Å²) in [5, 5.41) is 2.55. The Balaban J connectivity index is 2.63. The molecule has 0 radical (unpaired) electrons. The van der Waals surface area contributed by atoms with Crippen LogP contribution < -0.4 is 5.32 Å². The van der Waals surface area contributed by atoms with Crippen molar-refractivity contribution in [2.75, 3.05) is 5.32 Å². The summed E-state index contributed by atoms with van der Waals surface area (Å²) in [5.41, 5.74) is -0.507. The number of carbonyl (C=O) groups is 1. The predicted molar refractivity (Wildman–Crippen MR) is 60.8 cm³/mol. The Kier molecular flexibility index (Phi) is 3.38. The molecule has 0 aliphatic heterocycles. The van der Waals surface area contributed by atoms with Crippen LogP contribution in [0, 0.1) is 0 Å². The monoisotopic (exact) mass is 275 g/mol. The third-order valence-electron chi connectivity index (χ3n) is 1.54. The number of halogens is 1. The van der Waals surface area contributed by atoms with E-state index >= 15 is 0 Å². The number of imidazole rings is 1. The van der Waals surface area contributed by atoms with Crippen molar-refractivity contribution < 1.29 is 9.53 Å². The summed E-state index contributed by atoms with van der Waals surface area (Å²) in [4.78, 5) is 15.4. The van der Waals surface area contributed by atoms with E-state index in [1.165, 1.54) is 0 Å². The van der Waals surface area contributed by atoms with Crippen molar-refractivity contribution in [3.8, 4) is 0 Å². The topological polar surface area (TPSA) is 56.2 Å². The third-order valence-corrected chi connectivity index (χ3v) is 2.28. The molecule has 1 N–H and O–H groups in total. The number of rotatable bonds is 1. The van der Waals surface area contributed by atoms with Gasteiger partial charge in [0.05, 0.1) is 6.20 Å². The van der Waals surface area contributed by atoms with Gasteiger partial charge in [-0.15, -0.1) is 0 Å². The largest absolute Gasteiger partial charge is 0.444 e. The predicted octanol–water partition coefficient (Wildman–Crippen LogP) is 2.53. The fraction of sp³-hybridized carbons (Fsp3) is 0.556. The van der Waals surface area contributed by atoms with Crippen molar-refractivity contribution in [3.63, 3.8) is 0 Å². The van der Waals surface area contributed by atoms with Crippen LogP contribution >= 0.6 is 15.9 Å². The van der Waals surface area contributed by atoms with Crippen LogP contribution in [0.5, 0.6) is 0 Å². The van der Waals surface area contributed by atoms with E-state index < -0.39 is 11.7 Å². The van der Waals surface area contributed by atoms with Gasteiger partial charge in [-0.05, 0) is 36.7 Å². The van der Waals surface area contributed by atoms with Gasteiger partial charge in [0.2, 0.25) is 5.95 Å². The lowest BCUT2D eigenvalue weighted by Gasteiger charge is -2.19. The number of hydrogen-bond acceptors (Lipinski definition) is 3. The van der Waals surface area contributed by atoms with E-state index in [4.69, 9.17) is 4.74 Å². The van der Waals surface area contributed by atoms with Crippen molar-refractivity contribution in [2.24, 2.45) is 7.05 Å². The van der Waals surface area contributed by atoms with Crippen LogP contribution in [0.3, 0.4) is 0 Å². The maximum Gasteiger partial charge on any atom is 0.414 e. The van der Waals surface area contributed by atoms with E-state index in [0.29, 0.717) is 5.95 Å². The summed E-state index contributed by atoms with van der Waals surface area (Å²) in [6.45, 7) is 5.42. The summed E-state index contributed by atoms with van der Waals surface area (Å²) in [6.07, 6.45) is 1.09. The molecule has 0 fully saturated rings. The molecule has 0 spiro atoms. The second-order valence-corrected chi connectivity index (χ2v) is 4.90. The van der Waals surface area contributed by atoms with E-state index in [0.717, 1.165) is 4.60 Å².